The summed E-state index contributed by atoms with van der Waals surface area (Å²) >= 11 is 0. The summed E-state index contributed by atoms with van der Waals surface area (Å²) in [5, 5.41) is 59.5. The number of aliphatic hydroxyl groups is 5. The number of ketones is 1. The average molecular weight is 1160 g/mol. The molecule has 5 aliphatic heterocycles. The number of carbonyl (C=O) groups is 3. The molecule has 4 aliphatic carbocycles. The Hall–Kier alpha value is -2.37. The van der Waals surface area contributed by atoms with Crippen LogP contribution in [0, 0.1) is 16.7 Å². The molecule has 0 aromatic heterocycles. The molecule has 9 aliphatic rings. The number of Topliss-reactive ketones (excluding diaryl/α,β-unsaturated/α-hetero) is 1. The van der Waals surface area contributed by atoms with Gasteiger partial charge in [0, 0.05) is 73.2 Å². The molecule has 0 spiro atoms. The van der Waals surface area contributed by atoms with Crippen LogP contribution in [-0.4, -0.2) is 217 Å². The first-order valence-corrected chi connectivity index (χ1v) is 29.3. The van der Waals surface area contributed by atoms with Gasteiger partial charge in [0.1, 0.15) is 59.5 Å². The second kappa shape index (κ2) is 24.4. The second-order valence-electron chi connectivity index (χ2n) is 25.1. The summed E-state index contributed by atoms with van der Waals surface area (Å²) in [5.74, 6) is -2.26. The van der Waals surface area contributed by atoms with Gasteiger partial charge in [-0.25, -0.2) is 0 Å². The molecule has 0 bridgehead atoms. The van der Waals surface area contributed by atoms with Crippen LogP contribution in [-0.2, 0) is 85.4 Å². The van der Waals surface area contributed by atoms with Crippen molar-refractivity contribution >= 4 is 17.7 Å². The third-order valence-electron chi connectivity index (χ3n) is 20.4. The van der Waals surface area contributed by atoms with Gasteiger partial charge in [-0.2, -0.15) is 0 Å². The van der Waals surface area contributed by atoms with Gasteiger partial charge in [-0.15, -0.1) is 0 Å². The van der Waals surface area contributed by atoms with Crippen LogP contribution in [0.5, 0.6) is 0 Å². The van der Waals surface area contributed by atoms with Crippen molar-refractivity contribution in [3.05, 3.63) is 11.6 Å². The zero-order valence-corrected chi connectivity index (χ0v) is 49.4. The maximum atomic E-state index is 13.1. The van der Waals surface area contributed by atoms with Crippen molar-refractivity contribution in [1.82, 2.24) is 0 Å². The average Bonchev–Trinajstić information content (AvgIpc) is 2.37. The molecule has 81 heavy (non-hydrogen) atoms. The van der Waals surface area contributed by atoms with Crippen LogP contribution < -0.4 is 0 Å². The number of hydrogen-bond donors (Lipinski definition) is 5. The van der Waals surface area contributed by atoms with Crippen LogP contribution in [0.3, 0.4) is 0 Å². The molecule has 23 heteroatoms. The highest BCUT2D eigenvalue weighted by molar-refractivity contribution is 5.87. The molecule has 23 nitrogen and oxygen atoms in total. The maximum Gasteiger partial charge on any atom is 0.302 e. The topological polar surface area (TPSA) is 291 Å². The summed E-state index contributed by atoms with van der Waals surface area (Å²) in [7, 11) is 4.75. The third kappa shape index (κ3) is 11.6. The molecule has 5 heterocycles. The van der Waals surface area contributed by atoms with Crippen molar-refractivity contribution in [2.24, 2.45) is 16.7 Å². The summed E-state index contributed by atoms with van der Waals surface area (Å²) < 4.78 is 93.2. The molecule has 0 unspecified atom stereocenters. The van der Waals surface area contributed by atoms with Gasteiger partial charge in [0.05, 0.1) is 66.5 Å². The van der Waals surface area contributed by atoms with Gasteiger partial charge in [0.2, 0.25) is 0 Å². The number of fused-ring (bicyclic) bond motifs is 5. The van der Waals surface area contributed by atoms with E-state index in [1.165, 1.54) is 20.8 Å². The number of aliphatic hydroxyl groups excluding tert-OH is 2. The Morgan fingerprint density at radius 2 is 1.01 bits per heavy atom. The highest BCUT2D eigenvalue weighted by atomic mass is 16.8. The fraction of sp³-hybridized carbons (Fsp3) is 0.914. The Balaban J connectivity index is 0.775. The van der Waals surface area contributed by atoms with Crippen molar-refractivity contribution in [2.45, 2.75) is 298 Å². The van der Waals surface area contributed by atoms with E-state index in [0.29, 0.717) is 32.1 Å². The molecule has 5 N–H and O–H groups in total. The molecular weight excluding hydrogens is 1060 g/mol. The van der Waals surface area contributed by atoms with Crippen LogP contribution in [0.1, 0.15) is 146 Å². The highest BCUT2D eigenvalue weighted by Gasteiger charge is 2.81. The number of rotatable bonds is 16. The van der Waals surface area contributed by atoms with E-state index in [2.05, 4.69) is 6.92 Å². The van der Waals surface area contributed by atoms with Gasteiger partial charge >= 0.3 is 11.9 Å². The number of esters is 2. The molecular formula is C58H92O23. The van der Waals surface area contributed by atoms with Gasteiger partial charge < -0.3 is 96.6 Å². The lowest BCUT2D eigenvalue weighted by atomic mass is 9.42. The largest absolute Gasteiger partial charge is 0.462 e. The molecule has 0 aromatic carbocycles. The second-order valence-corrected chi connectivity index (χ2v) is 25.1. The summed E-state index contributed by atoms with van der Waals surface area (Å²) in [6, 6.07) is 0. The third-order valence-corrected chi connectivity index (χ3v) is 20.4. The van der Waals surface area contributed by atoms with Gasteiger partial charge in [0.15, 0.2) is 37.2 Å². The lowest BCUT2D eigenvalue weighted by Gasteiger charge is -2.67. The minimum atomic E-state index is -2.01. The maximum absolute atomic E-state index is 13.1. The fourth-order valence-electron chi connectivity index (χ4n) is 15.9. The quantitative estimate of drug-likeness (QED) is 0.109. The molecule has 8 fully saturated rings. The van der Waals surface area contributed by atoms with Crippen LogP contribution in [0.4, 0.5) is 0 Å². The summed E-state index contributed by atoms with van der Waals surface area (Å²) in [4.78, 5) is 38.2. The van der Waals surface area contributed by atoms with Gasteiger partial charge in [-0.05, 0) is 98.8 Å². The molecule has 0 amide bonds. The Morgan fingerprint density at radius 1 is 0.556 bits per heavy atom. The van der Waals surface area contributed by atoms with Crippen LogP contribution >= 0.6 is 0 Å². The van der Waals surface area contributed by atoms with Crippen LogP contribution in [0.15, 0.2) is 11.6 Å². The lowest BCUT2D eigenvalue weighted by molar-refractivity contribution is -0.351. The smallest absolute Gasteiger partial charge is 0.302 e. The van der Waals surface area contributed by atoms with E-state index in [4.69, 9.17) is 71.1 Å². The van der Waals surface area contributed by atoms with Gasteiger partial charge in [-0.1, -0.05) is 18.6 Å². The van der Waals surface area contributed by atoms with Crippen molar-refractivity contribution in [2.75, 3.05) is 21.3 Å². The number of hydrogen-bond acceptors (Lipinski definition) is 23. The standard InChI is InChI=1S/C58H92O23/c1-27-49(63)38(67-11)22-45(70-27)79-51-29(3)72-46(23-39(51)68-12)80-52-30(4)73-47(24-40(52)69-13)81-53-31(5)74-48(25-41(53)75-33(7)60)78-50-28(2)71-44(21-37(50)62)77-36-15-16-54(9)35(20-36)14-17-57(65)42(54)26-43(76-34(8)61)55(10)56(64,32(6)59)18-19-58(55,57)66/h14,27-31,36-53,62-66H,15-26H2,1-13H3/t27-,28+,29+,30-,31+,36-,37-,38+,39-,40+,41-,42+,43+,44-,45-,46-,47-,48-,49-,50+,51+,52-,53+,54-,55+,56+,57-,58+/m0/s1. The fourth-order valence-corrected chi connectivity index (χ4v) is 15.9. The SMILES string of the molecule is CO[C@H]1C[C@H](O[C@H]2[C@H](C)O[C@@H](O[C@H]3[C@@H](OC(C)=O)C[C@H](O[C@H]4[C@@H](O)C[C@H](O[C@H]5CC[C@@]6(C)C(=CC[C@]7(O)[C@@H]6C[C@@H](OC(C)=O)[C@@]6(C)[C@]7(O)CC[C@@]6(O)C(C)=O)C5)O[C@@H]4C)O[C@@H]3C)C[C@H]2OC)O[C@H](C)[C@H]1O[C@H]1C[C@@H](OC)[C@@H](O)[C@H](C)O1. The van der Waals surface area contributed by atoms with Crippen molar-refractivity contribution in [3.63, 3.8) is 0 Å². The van der Waals surface area contributed by atoms with Crippen LogP contribution in [0.2, 0.25) is 0 Å². The van der Waals surface area contributed by atoms with E-state index in [1.807, 2.05) is 19.9 Å². The molecule has 28 atom stereocenters. The van der Waals surface area contributed by atoms with Crippen molar-refractivity contribution in [3.8, 4) is 0 Å². The van der Waals surface area contributed by atoms with Crippen molar-refractivity contribution in [1.29, 1.82) is 0 Å². The summed E-state index contributed by atoms with van der Waals surface area (Å²) in [6.07, 6.45) is -9.89. The van der Waals surface area contributed by atoms with E-state index in [0.717, 1.165) is 5.57 Å². The van der Waals surface area contributed by atoms with Gasteiger partial charge in [0.25, 0.3) is 0 Å². The predicted octanol–water partition coefficient (Wildman–Crippen LogP) is 3.34. The van der Waals surface area contributed by atoms with E-state index in [9.17, 15) is 39.9 Å². The van der Waals surface area contributed by atoms with Crippen LogP contribution in [0.25, 0.3) is 0 Å². The summed E-state index contributed by atoms with van der Waals surface area (Å²) in [5.41, 5.74) is -6.98. The minimum Gasteiger partial charge on any atom is -0.462 e. The Bertz CT molecular complexity index is 2240. The molecule has 9 rings (SSSR count). The number of ether oxygens (including phenoxy) is 15. The zero-order valence-electron chi connectivity index (χ0n) is 49.4. The first-order valence-electron chi connectivity index (χ1n) is 29.3. The minimum absolute atomic E-state index is 0.0491. The normalized spacial score (nSPS) is 51.0. The molecule has 0 aromatic rings. The monoisotopic (exact) mass is 1160 g/mol. The molecule has 462 valence electrons. The zero-order chi connectivity index (χ0) is 58.9. The molecule has 3 saturated carbocycles. The Morgan fingerprint density at radius 3 is 1.51 bits per heavy atom. The molecule has 5 saturated heterocycles. The predicted molar refractivity (Wildman–Crippen MR) is 280 cm³/mol. The van der Waals surface area contributed by atoms with E-state index in [1.54, 1.807) is 49.0 Å². The number of methoxy groups -OCH3 is 3. The van der Waals surface area contributed by atoms with E-state index >= 15 is 0 Å². The molecule has 0 radical (unpaired) electrons. The number of carbonyl (C=O) groups excluding carboxylic acids is 3. The van der Waals surface area contributed by atoms with E-state index in [-0.39, 0.29) is 51.0 Å². The van der Waals surface area contributed by atoms with Crippen molar-refractivity contribution < 1.29 is 111 Å². The first-order chi connectivity index (χ1) is 38.1. The van der Waals surface area contributed by atoms with E-state index < -0.39 is 180 Å². The highest BCUT2D eigenvalue weighted by Crippen LogP contribution is 2.71. The van der Waals surface area contributed by atoms with Gasteiger partial charge in [-0.3, -0.25) is 14.4 Å². The summed E-state index contributed by atoms with van der Waals surface area (Å²) in [6.45, 7) is 16.6. The Kier molecular flexibility index (Phi) is 19.0. The Labute approximate surface area is 475 Å². The first kappa shape index (κ1) is 63.1. The lowest BCUT2D eigenvalue weighted by Crippen LogP contribution is -2.78.